The van der Waals surface area contributed by atoms with Crippen LogP contribution in [0.5, 0.6) is 0 Å². The predicted octanol–water partition coefficient (Wildman–Crippen LogP) is 4.31. The summed E-state index contributed by atoms with van der Waals surface area (Å²) in [5.41, 5.74) is 2.33. The van der Waals surface area contributed by atoms with E-state index in [9.17, 15) is 0 Å². The molecular formula is C19H27N. The van der Waals surface area contributed by atoms with Crippen LogP contribution in [-0.2, 0) is 6.54 Å². The summed E-state index contributed by atoms with van der Waals surface area (Å²) in [4.78, 5) is 2.53. The number of nitrogens with zero attached hydrogens (tertiary/aromatic N) is 1. The maximum Gasteiger partial charge on any atom is 0.0242 e. The van der Waals surface area contributed by atoms with Gasteiger partial charge in [-0.2, -0.15) is 0 Å². The highest BCUT2D eigenvalue weighted by Crippen LogP contribution is 2.33. The fourth-order valence-electron chi connectivity index (χ4n) is 3.52. The fraction of sp³-hybridized carbons (Fsp3) is 0.579. The number of terminal acetylenes is 1. The zero-order valence-corrected chi connectivity index (χ0v) is 13.1. The molecule has 3 atom stereocenters. The van der Waals surface area contributed by atoms with E-state index in [-0.39, 0.29) is 0 Å². The summed E-state index contributed by atoms with van der Waals surface area (Å²) in [6.45, 7) is 5.77. The molecule has 1 aromatic rings. The number of rotatable bonds is 4. The van der Waals surface area contributed by atoms with Crippen molar-refractivity contribution in [2.45, 2.75) is 52.1 Å². The maximum atomic E-state index is 5.40. The highest BCUT2D eigenvalue weighted by Gasteiger charge is 2.27. The third kappa shape index (κ3) is 3.87. The second-order valence-electron chi connectivity index (χ2n) is 6.50. The molecule has 1 aromatic carbocycles. The van der Waals surface area contributed by atoms with Crippen molar-refractivity contribution in [2.24, 2.45) is 11.8 Å². The molecule has 108 valence electrons. The van der Waals surface area contributed by atoms with Gasteiger partial charge in [-0.1, -0.05) is 38.3 Å². The van der Waals surface area contributed by atoms with Gasteiger partial charge < -0.3 is 0 Å². The molecule has 0 N–H and O–H groups in total. The van der Waals surface area contributed by atoms with Crippen LogP contribution in [0.2, 0.25) is 0 Å². The van der Waals surface area contributed by atoms with Crippen molar-refractivity contribution in [3.8, 4) is 12.3 Å². The van der Waals surface area contributed by atoms with Crippen molar-refractivity contribution in [1.29, 1.82) is 0 Å². The Kier molecular flexibility index (Phi) is 5.26. The minimum Gasteiger partial charge on any atom is -0.299 e. The molecule has 0 aromatic heterocycles. The van der Waals surface area contributed by atoms with Crippen LogP contribution in [0.4, 0.5) is 0 Å². The maximum absolute atomic E-state index is 5.40. The van der Waals surface area contributed by atoms with Gasteiger partial charge in [0.1, 0.15) is 0 Å². The standard InChI is InChI=1S/C19H27N/c1-5-16-7-9-18(10-8-16)14-20(4)19-12-15(3)11-17(6-2)13-19/h1,7-10,15,17,19H,6,11-14H2,2-4H3. The van der Waals surface area contributed by atoms with E-state index >= 15 is 0 Å². The molecule has 0 bridgehead atoms. The van der Waals surface area contributed by atoms with E-state index in [1.165, 1.54) is 31.2 Å². The third-order valence-corrected chi connectivity index (χ3v) is 4.77. The average Bonchev–Trinajstić information content (AvgIpc) is 2.47. The van der Waals surface area contributed by atoms with Crippen molar-refractivity contribution in [3.63, 3.8) is 0 Å². The molecule has 0 amide bonds. The molecule has 0 spiro atoms. The summed E-state index contributed by atoms with van der Waals surface area (Å²) < 4.78 is 0. The molecule has 20 heavy (non-hydrogen) atoms. The van der Waals surface area contributed by atoms with Gasteiger partial charge in [0.05, 0.1) is 0 Å². The average molecular weight is 269 g/mol. The van der Waals surface area contributed by atoms with Crippen LogP contribution in [0.25, 0.3) is 0 Å². The van der Waals surface area contributed by atoms with E-state index in [4.69, 9.17) is 6.42 Å². The first-order chi connectivity index (χ1) is 9.62. The van der Waals surface area contributed by atoms with Gasteiger partial charge in [-0.15, -0.1) is 6.42 Å². The molecule has 1 aliphatic rings. The van der Waals surface area contributed by atoms with Crippen LogP contribution in [0, 0.1) is 24.2 Å². The molecule has 0 heterocycles. The van der Waals surface area contributed by atoms with E-state index < -0.39 is 0 Å². The molecule has 2 rings (SSSR count). The Bertz CT molecular complexity index is 454. The highest BCUT2D eigenvalue weighted by molar-refractivity contribution is 5.34. The van der Waals surface area contributed by atoms with Crippen LogP contribution < -0.4 is 0 Å². The van der Waals surface area contributed by atoms with E-state index in [1.54, 1.807) is 0 Å². The van der Waals surface area contributed by atoms with Gasteiger partial charge >= 0.3 is 0 Å². The van der Waals surface area contributed by atoms with Gasteiger partial charge in [-0.05, 0) is 55.8 Å². The van der Waals surface area contributed by atoms with E-state index in [1.807, 2.05) is 12.1 Å². The van der Waals surface area contributed by atoms with Crippen LogP contribution in [0.3, 0.4) is 0 Å². The summed E-state index contributed by atoms with van der Waals surface area (Å²) >= 11 is 0. The second kappa shape index (κ2) is 6.95. The molecule has 1 aliphatic carbocycles. The topological polar surface area (TPSA) is 3.24 Å². The summed E-state index contributed by atoms with van der Waals surface area (Å²) in [5.74, 6) is 4.45. The Morgan fingerprint density at radius 2 is 1.90 bits per heavy atom. The van der Waals surface area contributed by atoms with Gasteiger partial charge in [0, 0.05) is 18.2 Å². The van der Waals surface area contributed by atoms with Gasteiger partial charge in [-0.25, -0.2) is 0 Å². The highest BCUT2D eigenvalue weighted by atomic mass is 15.1. The van der Waals surface area contributed by atoms with Gasteiger partial charge in [0.15, 0.2) is 0 Å². The minimum atomic E-state index is 0.732. The molecule has 3 unspecified atom stereocenters. The van der Waals surface area contributed by atoms with Crippen molar-refractivity contribution in [3.05, 3.63) is 35.4 Å². The lowest BCUT2D eigenvalue weighted by molar-refractivity contribution is 0.120. The number of benzene rings is 1. The Morgan fingerprint density at radius 3 is 2.50 bits per heavy atom. The zero-order valence-electron chi connectivity index (χ0n) is 13.1. The first-order valence-corrected chi connectivity index (χ1v) is 7.88. The quantitative estimate of drug-likeness (QED) is 0.736. The molecule has 1 heteroatoms. The minimum absolute atomic E-state index is 0.732. The molecule has 0 aliphatic heterocycles. The lowest BCUT2D eigenvalue weighted by Gasteiger charge is -2.38. The van der Waals surface area contributed by atoms with E-state index in [0.717, 1.165) is 30.0 Å². The summed E-state index contributed by atoms with van der Waals surface area (Å²) in [7, 11) is 2.27. The van der Waals surface area contributed by atoms with E-state index in [2.05, 4.69) is 43.8 Å². The monoisotopic (exact) mass is 269 g/mol. The molecular weight excluding hydrogens is 242 g/mol. The zero-order chi connectivity index (χ0) is 14.5. The van der Waals surface area contributed by atoms with Crippen molar-refractivity contribution in [1.82, 2.24) is 4.90 Å². The van der Waals surface area contributed by atoms with Crippen molar-refractivity contribution >= 4 is 0 Å². The lowest BCUT2D eigenvalue weighted by Crippen LogP contribution is -2.38. The number of hydrogen-bond donors (Lipinski definition) is 0. The van der Waals surface area contributed by atoms with Crippen molar-refractivity contribution < 1.29 is 0 Å². The Balaban J connectivity index is 1.96. The largest absolute Gasteiger partial charge is 0.299 e. The van der Waals surface area contributed by atoms with Gasteiger partial charge in [-0.3, -0.25) is 4.90 Å². The van der Waals surface area contributed by atoms with Crippen LogP contribution in [0.1, 0.15) is 50.7 Å². The first kappa shape index (κ1) is 15.1. The van der Waals surface area contributed by atoms with Crippen molar-refractivity contribution in [2.75, 3.05) is 7.05 Å². The Morgan fingerprint density at radius 1 is 1.20 bits per heavy atom. The molecule has 1 saturated carbocycles. The van der Waals surface area contributed by atoms with Crippen LogP contribution >= 0.6 is 0 Å². The molecule has 1 nitrogen and oxygen atoms in total. The Hall–Kier alpha value is -1.26. The second-order valence-corrected chi connectivity index (χ2v) is 6.50. The van der Waals surface area contributed by atoms with Crippen LogP contribution in [0.15, 0.2) is 24.3 Å². The predicted molar refractivity (Wildman–Crippen MR) is 86.4 cm³/mol. The van der Waals surface area contributed by atoms with Crippen LogP contribution in [-0.4, -0.2) is 18.0 Å². The molecule has 0 saturated heterocycles. The third-order valence-electron chi connectivity index (χ3n) is 4.77. The normalized spacial score (nSPS) is 26.4. The number of hydrogen-bond acceptors (Lipinski definition) is 1. The lowest BCUT2D eigenvalue weighted by atomic mass is 9.78. The SMILES string of the molecule is C#Cc1ccc(CN(C)C2CC(C)CC(CC)C2)cc1. The van der Waals surface area contributed by atoms with Gasteiger partial charge in [0.25, 0.3) is 0 Å². The summed E-state index contributed by atoms with van der Waals surface area (Å²) in [6, 6.07) is 9.14. The molecule has 0 radical (unpaired) electrons. The van der Waals surface area contributed by atoms with Gasteiger partial charge in [0.2, 0.25) is 0 Å². The Labute approximate surface area is 124 Å². The molecule has 1 fully saturated rings. The summed E-state index contributed by atoms with van der Waals surface area (Å²) in [6.07, 6.45) is 10.8. The summed E-state index contributed by atoms with van der Waals surface area (Å²) in [5, 5.41) is 0. The smallest absolute Gasteiger partial charge is 0.0242 e. The van der Waals surface area contributed by atoms with E-state index in [0.29, 0.717) is 0 Å². The first-order valence-electron chi connectivity index (χ1n) is 7.88. The fourth-order valence-corrected chi connectivity index (χ4v) is 3.52.